The molecule has 2 aliphatic rings. The fourth-order valence-electron chi connectivity index (χ4n) is 2.33. The molecule has 6 nitrogen and oxygen atoms in total. The maximum Gasteiger partial charge on any atom is 0.251 e. The van der Waals surface area contributed by atoms with Crippen LogP contribution in [0.25, 0.3) is 0 Å². The zero-order chi connectivity index (χ0) is 12.6. The van der Waals surface area contributed by atoms with E-state index in [1.54, 1.807) is 0 Å². The molecule has 2 rings (SSSR count). The monoisotopic (exact) mass is 259 g/mol. The van der Waals surface area contributed by atoms with Crippen molar-refractivity contribution in [2.45, 2.75) is 30.4 Å². The average Bonchev–Trinajstić information content (AvgIpc) is 2.29. The maximum absolute atomic E-state index is 11.8. The molecule has 0 amide bonds. The van der Waals surface area contributed by atoms with Crippen molar-refractivity contribution in [3.05, 3.63) is 21.9 Å². The van der Waals surface area contributed by atoms with Crippen LogP contribution in [0.1, 0.15) is 12.8 Å². The van der Waals surface area contributed by atoms with E-state index in [2.05, 4.69) is 0 Å². The molecule has 1 heterocycles. The number of carbonyl (C=O) groups excluding carboxylic acids is 2. The van der Waals surface area contributed by atoms with Gasteiger partial charge in [-0.3, -0.25) is 19.7 Å². The molecule has 0 radical (unpaired) electrons. The van der Waals surface area contributed by atoms with Gasteiger partial charge in [0.2, 0.25) is 0 Å². The first-order chi connectivity index (χ1) is 8.04. The van der Waals surface area contributed by atoms with E-state index in [9.17, 15) is 19.7 Å². The van der Waals surface area contributed by atoms with Crippen molar-refractivity contribution in [1.82, 2.24) is 0 Å². The molecule has 0 aromatic rings. The molecule has 0 N–H and O–H groups in total. The highest BCUT2D eigenvalue weighted by Crippen LogP contribution is 2.36. The summed E-state index contributed by atoms with van der Waals surface area (Å²) in [5, 5.41) is 10.4. The van der Waals surface area contributed by atoms with Gasteiger partial charge in [-0.15, -0.1) is 11.6 Å². The lowest BCUT2D eigenvalue weighted by molar-refractivity contribution is -0.539. The fourth-order valence-corrected chi connectivity index (χ4v) is 2.70. The molecule has 1 saturated carbocycles. The van der Waals surface area contributed by atoms with E-state index in [0.717, 1.165) is 6.26 Å². The highest BCUT2D eigenvalue weighted by Gasteiger charge is 2.50. The van der Waals surface area contributed by atoms with Crippen LogP contribution in [0.3, 0.4) is 0 Å². The number of hydrogen-bond donors (Lipinski definition) is 0. The van der Waals surface area contributed by atoms with Gasteiger partial charge in [-0.25, -0.2) is 0 Å². The molecule has 0 saturated heterocycles. The smallest absolute Gasteiger partial charge is 0.251 e. The number of carbonyl (C=O) groups is 2. The number of nitrogens with zero attached hydrogens (tertiary/aromatic N) is 1. The Bertz CT molecular complexity index is 408. The van der Waals surface area contributed by atoms with E-state index in [-0.39, 0.29) is 12.0 Å². The van der Waals surface area contributed by atoms with Gasteiger partial charge in [0.15, 0.2) is 18.2 Å². The third-order valence-corrected chi connectivity index (χ3v) is 3.51. The van der Waals surface area contributed by atoms with Gasteiger partial charge in [0, 0.05) is 16.7 Å². The third-order valence-electron chi connectivity index (χ3n) is 3.15. The minimum Gasteiger partial charge on any atom is -0.489 e. The first-order valence-electron chi connectivity index (χ1n) is 5.17. The van der Waals surface area contributed by atoms with E-state index in [1.807, 2.05) is 0 Å². The van der Waals surface area contributed by atoms with Crippen molar-refractivity contribution in [3.63, 3.8) is 0 Å². The van der Waals surface area contributed by atoms with Crippen molar-refractivity contribution in [2.24, 2.45) is 5.92 Å². The molecular formula is C10H10ClNO5. The molecule has 1 aliphatic heterocycles. The molecule has 17 heavy (non-hydrogen) atoms. The Morgan fingerprint density at radius 3 is 2.82 bits per heavy atom. The van der Waals surface area contributed by atoms with Gasteiger partial charge in [-0.2, -0.15) is 0 Å². The second-order valence-electron chi connectivity index (χ2n) is 4.18. The minimum atomic E-state index is -0.996. The third kappa shape index (κ3) is 2.04. The minimum absolute atomic E-state index is 0.0842. The topological polar surface area (TPSA) is 86.5 Å². The summed E-state index contributed by atoms with van der Waals surface area (Å²) in [4.78, 5) is 32.9. The first kappa shape index (κ1) is 12.0. The lowest BCUT2D eigenvalue weighted by atomic mass is 9.77. The van der Waals surface area contributed by atoms with E-state index in [4.69, 9.17) is 16.3 Å². The van der Waals surface area contributed by atoms with E-state index in [0.29, 0.717) is 12.7 Å². The van der Waals surface area contributed by atoms with Crippen molar-refractivity contribution < 1.29 is 19.2 Å². The summed E-state index contributed by atoms with van der Waals surface area (Å²) < 4.78 is 5.16. The zero-order valence-electron chi connectivity index (χ0n) is 8.74. The largest absolute Gasteiger partial charge is 0.489 e. The van der Waals surface area contributed by atoms with Gasteiger partial charge >= 0.3 is 0 Å². The normalized spacial score (nSPS) is 36.5. The van der Waals surface area contributed by atoms with Gasteiger partial charge < -0.3 is 4.74 Å². The zero-order valence-corrected chi connectivity index (χ0v) is 9.50. The van der Waals surface area contributed by atoms with Crippen molar-refractivity contribution in [2.75, 3.05) is 0 Å². The molecule has 92 valence electrons. The van der Waals surface area contributed by atoms with Gasteiger partial charge in [0.1, 0.15) is 0 Å². The maximum atomic E-state index is 11.8. The summed E-state index contributed by atoms with van der Waals surface area (Å²) in [6.07, 6.45) is 1.09. The number of ketones is 1. The Morgan fingerprint density at radius 1 is 1.53 bits per heavy atom. The van der Waals surface area contributed by atoms with Crippen LogP contribution in [0.4, 0.5) is 0 Å². The number of nitro groups is 1. The van der Waals surface area contributed by atoms with E-state index in [1.165, 1.54) is 0 Å². The van der Waals surface area contributed by atoms with Gasteiger partial charge in [-0.1, -0.05) is 0 Å². The van der Waals surface area contributed by atoms with Crippen LogP contribution in [0.5, 0.6) is 0 Å². The number of fused-ring (bicyclic) bond motifs is 1. The number of ether oxygens (including phenoxy) is 1. The molecule has 0 spiro atoms. The molecule has 1 aliphatic carbocycles. The lowest BCUT2D eigenvalue weighted by Crippen LogP contribution is -2.51. The van der Waals surface area contributed by atoms with Crippen LogP contribution in [0, 0.1) is 16.0 Å². The summed E-state index contributed by atoms with van der Waals surface area (Å²) in [6, 6.07) is -0.996. The van der Waals surface area contributed by atoms with Crippen LogP contribution in [-0.4, -0.2) is 34.5 Å². The average molecular weight is 260 g/mol. The molecule has 1 fully saturated rings. The van der Waals surface area contributed by atoms with Gasteiger partial charge in [-0.05, 0) is 6.42 Å². The second-order valence-corrected chi connectivity index (χ2v) is 4.80. The quantitative estimate of drug-likeness (QED) is 0.239. The Labute approximate surface area is 102 Å². The highest BCUT2D eigenvalue weighted by molar-refractivity contribution is 6.21. The van der Waals surface area contributed by atoms with Crippen LogP contribution < -0.4 is 0 Å². The van der Waals surface area contributed by atoms with Crippen LogP contribution >= 0.6 is 11.6 Å². The van der Waals surface area contributed by atoms with Crippen molar-refractivity contribution >= 4 is 23.7 Å². The summed E-state index contributed by atoms with van der Waals surface area (Å²) >= 11 is 5.91. The summed E-state index contributed by atoms with van der Waals surface area (Å²) in [5.41, 5.74) is -0.0842. The second kappa shape index (κ2) is 4.44. The molecule has 0 aromatic heterocycles. The van der Waals surface area contributed by atoms with Crippen molar-refractivity contribution in [3.8, 4) is 0 Å². The molecular weight excluding hydrogens is 250 g/mol. The fraction of sp³-hybridized carbons (Fsp3) is 0.600. The van der Waals surface area contributed by atoms with E-state index < -0.39 is 34.1 Å². The van der Waals surface area contributed by atoms with Gasteiger partial charge in [0.25, 0.3) is 6.04 Å². The Hall–Kier alpha value is -1.43. The Balaban J connectivity index is 2.30. The van der Waals surface area contributed by atoms with Crippen molar-refractivity contribution in [1.29, 1.82) is 0 Å². The molecule has 0 aromatic carbocycles. The molecule has 4 atom stereocenters. The molecule has 7 heteroatoms. The number of halogens is 1. The Kier molecular flexibility index (Phi) is 3.15. The number of hydrogen-bond acceptors (Lipinski definition) is 5. The summed E-state index contributed by atoms with van der Waals surface area (Å²) in [6.45, 7) is 0. The Morgan fingerprint density at radius 2 is 2.24 bits per heavy atom. The number of alkyl halides is 1. The van der Waals surface area contributed by atoms with Crippen LogP contribution in [0.15, 0.2) is 11.8 Å². The predicted molar refractivity (Wildman–Crippen MR) is 57.2 cm³/mol. The van der Waals surface area contributed by atoms with Crippen LogP contribution in [0.2, 0.25) is 0 Å². The highest BCUT2D eigenvalue weighted by atomic mass is 35.5. The molecule has 4 unspecified atom stereocenters. The summed E-state index contributed by atoms with van der Waals surface area (Å²) in [5.74, 6) is -1.10. The first-order valence-corrected chi connectivity index (χ1v) is 5.60. The number of allylic oxidation sites excluding steroid dienone is 1. The van der Waals surface area contributed by atoms with Gasteiger partial charge in [0.05, 0.1) is 17.8 Å². The molecule has 0 bridgehead atoms. The summed E-state index contributed by atoms with van der Waals surface area (Å²) in [7, 11) is 0. The lowest BCUT2D eigenvalue weighted by Gasteiger charge is -2.36. The number of aldehydes is 1. The number of rotatable bonds is 2. The SMILES string of the molecule is O=CC1=COC2C(CC(Cl)CC2[N+](=O)[O-])C1=O. The van der Waals surface area contributed by atoms with Crippen LogP contribution in [-0.2, 0) is 14.3 Å². The van der Waals surface area contributed by atoms with E-state index >= 15 is 0 Å². The standard InChI is InChI=1S/C10H10ClNO5/c11-6-1-7-9(14)5(3-13)4-17-10(7)8(2-6)12(15)16/h3-4,6-8,10H,1-2H2. The number of Topliss-reactive ketones (excluding diaryl/α,β-unsaturated/α-hetero) is 1. The predicted octanol–water partition coefficient (Wildman–Crippen LogP) is 0.700.